The van der Waals surface area contributed by atoms with E-state index in [4.69, 9.17) is 5.16 Å². The molecular weight excluding hydrogens is 499 g/mol. The molecule has 30 heavy (non-hydrogen) atoms. The van der Waals surface area contributed by atoms with Crippen molar-refractivity contribution in [2.24, 2.45) is 0 Å². The van der Waals surface area contributed by atoms with Crippen LogP contribution in [0.3, 0.4) is 0 Å². The first-order chi connectivity index (χ1) is 12.8. The van der Waals surface area contributed by atoms with Crippen molar-refractivity contribution in [2.75, 3.05) is 0 Å². The maximum absolute atomic E-state index is 13.4. The molecule has 0 radical (unpaired) electrons. The van der Waals surface area contributed by atoms with Gasteiger partial charge in [-0.1, -0.05) is 41.5 Å². The number of nitrogens with one attached hydrogen (secondary N) is 1. The van der Waals surface area contributed by atoms with Crippen LogP contribution in [0.2, 0.25) is 0 Å². The van der Waals surface area contributed by atoms with Crippen LogP contribution < -0.4 is 24.8 Å². The first-order valence-corrected chi connectivity index (χ1v) is 11.8. The Balaban J connectivity index is 0. The van der Waals surface area contributed by atoms with E-state index in [1.807, 2.05) is 0 Å². The van der Waals surface area contributed by atoms with Crippen LogP contribution in [0.4, 0.5) is 22.0 Å². The Morgan fingerprint density at radius 1 is 0.767 bits per heavy atom. The molecule has 1 aliphatic rings. The van der Waals surface area contributed by atoms with Crippen LogP contribution >= 0.6 is 7.05 Å². The quantitative estimate of drug-likeness (QED) is 0.203. The molecule has 0 amide bonds. The molecule has 1 aromatic carbocycles. The van der Waals surface area contributed by atoms with Crippen molar-refractivity contribution in [3.8, 4) is 0 Å². The van der Waals surface area contributed by atoms with E-state index in [0.29, 0.717) is 27.3 Å². The summed E-state index contributed by atoms with van der Waals surface area (Å²) in [7, 11) is -1.44. The zero-order valence-electron chi connectivity index (χ0n) is 17.7. The molecule has 0 unspecified atom stereocenters. The Morgan fingerprint density at radius 3 is 1.33 bits per heavy atom. The van der Waals surface area contributed by atoms with E-state index in [-0.39, 0.29) is 30.4 Å². The molecular formula is C20H26Cl2F5NPTi. The second-order valence-electron chi connectivity index (χ2n) is 7.56. The molecule has 0 spiro atoms. The van der Waals surface area contributed by atoms with Gasteiger partial charge in [0.05, 0.1) is 0 Å². The Bertz CT molecular complexity index is 797. The largest absolute Gasteiger partial charge is 1.00 e. The fourth-order valence-corrected chi connectivity index (χ4v) is 7.46. The number of hydrogen-bond donors (Lipinski definition) is 1. The average molecular weight is 525 g/mol. The summed E-state index contributed by atoms with van der Waals surface area (Å²) in [5.74, 6) is -9.55. The van der Waals surface area contributed by atoms with Gasteiger partial charge in [-0.05, 0) is 24.0 Å². The standard InChI is InChI=1S/C11H4F5.C9H22NP.2ClH.Ti/c12-7-6(5-3-1-2-4-5)8(13)10(15)11(16)9(7)14;1-7(2)11(10,8(3)4)9(5)6;;;/h1,3H,2H2;7-10H,1-6H3;2*1H;/q;;;;+2/p-2. The molecule has 1 nitrogen and oxygen atoms in total. The van der Waals surface area contributed by atoms with Crippen molar-refractivity contribution in [1.82, 2.24) is 0 Å². The second-order valence-corrected chi connectivity index (χ2v) is 13.3. The fourth-order valence-electron chi connectivity index (χ4n) is 3.37. The molecule has 1 aliphatic carbocycles. The second kappa shape index (κ2) is 12.8. The zero-order chi connectivity index (χ0) is 22.0. The van der Waals surface area contributed by atoms with E-state index in [9.17, 15) is 22.0 Å². The molecule has 0 heterocycles. The molecule has 1 N–H and O–H groups in total. The Morgan fingerprint density at radius 2 is 1.10 bits per heavy atom. The van der Waals surface area contributed by atoms with Crippen LogP contribution in [0.1, 0.15) is 53.5 Å². The van der Waals surface area contributed by atoms with Gasteiger partial charge in [0, 0.05) is 0 Å². The number of benzene rings is 1. The molecule has 0 fully saturated rings. The summed E-state index contributed by atoms with van der Waals surface area (Å²) in [5, 5.41) is 8.40. The predicted octanol–water partition coefficient (Wildman–Crippen LogP) is 1.60. The van der Waals surface area contributed by atoms with Gasteiger partial charge < -0.3 is 30.0 Å². The molecule has 0 atom stereocenters. The molecule has 0 saturated carbocycles. The molecule has 1 aromatic rings. The summed E-state index contributed by atoms with van der Waals surface area (Å²) < 4.78 is 66.2. The van der Waals surface area contributed by atoms with Gasteiger partial charge in [0.1, 0.15) is 0 Å². The molecule has 2 rings (SSSR count). The minimum Gasteiger partial charge on any atom is -1.00 e. The molecule has 10 heteroatoms. The van der Waals surface area contributed by atoms with E-state index in [1.165, 1.54) is 6.08 Å². The van der Waals surface area contributed by atoms with E-state index >= 15 is 0 Å². The third-order valence-corrected chi connectivity index (χ3v) is 10.8. The van der Waals surface area contributed by atoms with E-state index in [0.717, 1.165) is 0 Å². The van der Waals surface area contributed by atoms with Crippen LogP contribution in [0.15, 0.2) is 16.0 Å². The van der Waals surface area contributed by atoms with Crippen LogP contribution in [0, 0.1) is 34.2 Å². The third-order valence-electron chi connectivity index (χ3n) is 4.97. The van der Waals surface area contributed by atoms with Crippen molar-refractivity contribution >= 4 is 12.6 Å². The Kier molecular flexibility index (Phi) is 13.7. The topological polar surface area (TPSA) is 23.9 Å². The van der Waals surface area contributed by atoms with E-state index < -0.39 is 41.7 Å². The number of allylic oxidation sites excluding steroid dienone is 4. The minimum absolute atomic E-state index is 0. The zero-order valence-corrected chi connectivity index (χ0v) is 21.7. The van der Waals surface area contributed by atoms with Gasteiger partial charge in [-0.25, -0.2) is 0 Å². The summed E-state index contributed by atoms with van der Waals surface area (Å²) >= 11 is 1.58. The maximum atomic E-state index is 13.4. The number of halogens is 7. The summed E-state index contributed by atoms with van der Waals surface area (Å²) in [6.45, 7) is 13.2. The third kappa shape index (κ3) is 6.45. The van der Waals surface area contributed by atoms with E-state index in [1.54, 1.807) is 26.5 Å². The van der Waals surface area contributed by atoms with Gasteiger partial charge in [-0.2, -0.15) is 0 Å². The first-order valence-electron chi connectivity index (χ1n) is 9.04. The SMILES string of the molecule is CC(C)P(=N)(C(C)C)C(C)C.Fc1c(F)c(F)c(C2=[C]([Ti+2])CC=C2)c(F)c1F.[Cl-].[Cl-]. The maximum Gasteiger partial charge on any atom is -1.00 e. The van der Waals surface area contributed by atoms with E-state index in [2.05, 4.69) is 41.5 Å². The van der Waals surface area contributed by atoms with Crippen molar-refractivity contribution in [1.29, 1.82) is 5.16 Å². The van der Waals surface area contributed by atoms with Gasteiger partial charge >= 0.3 is 105 Å². The molecule has 169 valence electrons. The summed E-state index contributed by atoms with van der Waals surface area (Å²) in [5.41, 5.74) is 0.873. The van der Waals surface area contributed by atoms with Crippen molar-refractivity contribution in [2.45, 2.75) is 64.9 Å². The fraction of sp³-hybridized carbons (Fsp3) is 0.500. The molecule has 0 bridgehead atoms. The molecule has 0 aromatic heterocycles. The van der Waals surface area contributed by atoms with Gasteiger partial charge in [0.2, 0.25) is 0 Å². The molecule has 0 aliphatic heterocycles. The van der Waals surface area contributed by atoms with Gasteiger partial charge in [0.25, 0.3) is 0 Å². The summed E-state index contributed by atoms with van der Waals surface area (Å²) in [6, 6.07) is 0. The number of hydrogen-bond acceptors (Lipinski definition) is 1. The van der Waals surface area contributed by atoms with Gasteiger partial charge in [0.15, 0.2) is 0 Å². The van der Waals surface area contributed by atoms with Crippen molar-refractivity contribution in [3.63, 3.8) is 0 Å². The van der Waals surface area contributed by atoms with Crippen LogP contribution in [-0.4, -0.2) is 17.0 Å². The van der Waals surface area contributed by atoms with Crippen molar-refractivity contribution < 1.29 is 67.2 Å². The summed E-state index contributed by atoms with van der Waals surface area (Å²) in [4.78, 5) is 0. The number of rotatable bonds is 4. The van der Waals surface area contributed by atoms with Crippen LogP contribution in [0.25, 0.3) is 5.57 Å². The Labute approximate surface area is 200 Å². The molecule has 0 saturated heterocycles. The average Bonchev–Trinajstić information content (AvgIpc) is 3.03. The van der Waals surface area contributed by atoms with Crippen molar-refractivity contribution in [3.05, 3.63) is 50.7 Å². The predicted molar refractivity (Wildman–Crippen MR) is 102 cm³/mol. The monoisotopic (exact) mass is 524 g/mol. The normalized spacial score (nSPS) is 13.5. The Hall–Kier alpha value is -0.126. The first kappa shape index (κ1) is 32.1. The minimum atomic E-state index is -2.14. The van der Waals surface area contributed by atoms with Gasteiger partial charge in [-0.15, -0.1) is 0 Å². The van der Waals surface area contributed by atoms with Crippen LogP contribution in [0.5, 0.6) is 0 Å². The smallest absolute Gasteiger partial charge is 1.00 e. The summed E-state index contributed by atoms with van der Waals surface area (Å²) in [6.07, 6.45) is 3.39. The van der Waals surface area contributed by atoms with Crippen LogP contribution in [-0.2, 0) is 20.4 Å². The van der Waals surface area contributed by atoms with Gasteiger partial charge in [-0.3, -0.25) is 0 Å².